The Balaban J connectivity index is 1.66. The predicted molar refractivity (Wildman–Crippen MR) is 95.8 cm³/mol. The number of amides is 1. The maximum absolute atomic E-state index is 12.4. The lowest BCUT2D eigenvalue weighted by Gasteiger charge is -2.26. The van der Waals surface area contributed by atoms with Crippen LogP contribution in [0, 0.1) is 12.8 Å². The second-order valence-electron chi connectivity index (χ2n) is 6.63. The monoisotopic (exact) mass is 334 g/mol. The van der Waals surface area contributed by atoms with Gasteiger partial charge in [-0.2, -0.15) is 11.8 Å². The largest absolute Gasteiger partial charge is 0.392 e. The van der Waals surface area contributed by atoms with E-state index >= 15 is 0 Å². The Bertz CT molecular complexity index is 558. The number of benzene rings is 1. The molecule has 1 heterocycles. The fraction of sp³-hybridized carbons (Fsp3) is 0.611. The number of aryl methyl sites for hydroxylation is 1. The summed E-state index contributed by atoms with van der Waals surface area (Å²) in [7, 11) is 0. The number of aliphatic hydroxyl groups is 1. The van der Waals surface area contributed by atoms with Crippen LogP contribution in [-0.2, 0) is 11.3 Å². The third-order valence-corrected chi connectivity index (χ3v) is 5.83. The van der Waals surface area contributed by atoms with E-state index in [-0.39, 0.29) is 11.8 Å². The Hall–Kier alpha value is -1.04. The van der Waals surface area contributed by atoms with Crippen LogP contribution in [0.15, 0.2) is 18.2 Å². The molecule has 5 heteroatoms. The number of anilines is 1. The lowest BCUT2D eigenvalue weighted by molar-refractivity contribution is -0.122. The van der Waals surface area contributed by atoms with Crippen LogP contribution < -0.4 is 5.32 Å². The zero-order valence-corrected chi connectivity index (χ0v) is 14.6. The molecule has 2 fully saturated rings. The molecule has 23 heavy (non-hydrogen) atoms. The highest BCUT2D eigenvalue weighted by atomic mass is 32.2. The summed E-state index contributed by atoms with van der Waals surface area (Å²) in [6.07, 6.45) is 1.98. The second-order valence-corrected chi connectivity index (χ2v) is 7.86. The first-order valence-corrected chi connectivity index (χ1v) is 9.67. The molecular formula is C18H26N2O2S. The first kappa shape index (κ1) is 16.8. The molecule has 0 aromatic heterocycles. The first-order valence-electron chi connectivity index (χ1n) is 8.52. The van der Waals surface area contributed by atoms with Gasteiger partial charge in [0, 0.05) is 36.8 Å². The number of aliphatic hydroxyl groups excluding tert-OH is 1. The van der Waals surface area contributed by atoms with E-state index in [1.807, 2.05) is 18.7 Å². The molecule has 3 rings (SSSR count). The Morgan fingerprint density at radius 2 is 2.13 bits per heavy atom. The molecule has 1 saturated carbocycles. The molecule has 2 N–H and O–H groups in total. The number of hydrogen-bond donors (Lipinski definition) is 2. The minimum atomic E-state index is -0.482. The number of rotatable bonds is 4. The number of hydrogen-bond acceptors (Lipinski definition) is 4. The maximum Gasteiger partial charge on any atom is 0.230 e. The predicted octanol–water partition coefficient (Wildman–Crippen LogP) is 2.64. The van der Waals surface area contributed by atoms with Crippen molar-refractivity contribution < 1.29 is 9.90 Å². The summed E-state index contributed by atoms with van der Waals surface area (Å²) in [6, 6.07) is 6.32. The van der Waals surface area contributed by atoms with Crippen molar-refractivity contribution in [2.75, 3.05) is 29.9 Å². The van der Waals surface area contributed by atoms with Crippen LogP contribution >= 0.6 is 11.8 Å². The van der Waals surface area contributed by atoms with Gasteiger partial charge in [0.05, 0.1) is 12.0 Å². The Kier molecular flexibility index (Phi) is 5.62. The normalized spacial score (nSPS) is 25.5. The highest BCUT2D eigenvalue weighted by Crippen LogP contribution is 2.28. The van der Waals surface area contributed by atoms with Gasteiger partial charge in [0.25, 0.3) is 0 Å². The van der Waals surface area contributed by atoms with Crippen LogP contribution in [0.1, 0.15) is 30.4 Å². The average molecular weight is 334 g/mol. The van der Waals surface area contributed by atoms with Crippen molar-refractivity contribution in [2.45, 2.75) is 38.8 Å². The minimum absolute atomic E-state index is 0.0374. The van der Waals surface area contributed by atoms with Crippen molar-refractivity contribution in [3.63, 3.8) is 0 Å². The fourth-order valence-electron chi connectivity index (χ4n) is 3.39. The van der Waals surface area contributed by atoms with Gasteiger partial charge in [0.15, 0.2) is 0 Å². The molecule has 1 aliphatic carbocycles. The van der Waals surface area contributed by atoms with Crippen LogP contribution in [0.4, 0.5) is 5.69 Å². The third-order valence-electron chi connectivity index (χ3n) is 4.89. The van der Waals surface area contributed by atoms with Gasteiger partial charge in [0.2, 0.25) is 5.91 Å². The molecule has 1 saturated heterocycles. The van der Waals surface area contributed by atoms with Crippen LogP contribution in [0.2, 0.25) is 0 Å². The van der Waals surface area contributed by atoms with E-state index in [1.165, 1.54) is 17.1 Å². The van der Waals surface area contributed by atoms with E-state index < -0.39 is 6.10 Å². The molecule has 4 nitrogen and oxygen atoms in total. The van der Waals surface area contributed by atoms with Crippen LogP contribution in [0.25, 0.3) is 0 Å². The number of nitrogens with zero attached hydrogens (tertiary/aromatic N) is 1. The third kappa shape index (κ3) is 4.28. The zero-order chi connectivity index (χ0) is 16.2. The maximum atomic E-state index is 12.4. The van der Waals surface area contributed by atoms with E-state index in [9.17, 15) is 9.90 Å². The number of thioether (sulfide) groups is 1. The van der Waals surface area contributed by atoms with Gasteiger partial charge < -0.3 is 10.4 Å². The highest BCUT2D eigenvalue weighted by Gasteiger charge is 2.31. The van der Waals surface area contributed by atoms with Gasteiger partial charge in [-0.3, -0.25) is 9.69 Å². The molecule has 1 amide bonds. The Morgan fingerprint density at radius 1 is 1.35 bits per heavy atom. The molecule has 1 aromatic rings. The molecule has 1 aliphatic heterocycles. The Morgan fingerprint density at radius 3 is 2.83 bits per heavy atom. The van der Waals surface area contributed by atoms with E-state index in [4.69, 9.17) is 0 Å². The molecule has 0 spiro atoms. The topological polar surface area (TPSA) is 52.6 Å². The summed E-state index contributed by atoms with van der Waals surface area (Å²) in [5.41, 5.74) is 3.20. The highest BCUT2D eigenvalue weighted by molar-refractivity contribution is 7.99. The van der Waals surface area contributed by atoms with Crippen LogP contribution in [0.3, 0.4) is 0 Å². The SMILES string of the molecule is Cc1ccc(CN2CCSCC2)cc1NC(=O)C1CCCC1O. The van der Waals surface area contributed by atoms with E-state index in [0.717, 1.165) is 50.1 Å². The average Bonchev–Trinajstić information content (AvgIpc) is 2.98. The lowest BCUT2D eigenvalue weighted by atomic mass is 10.0. The van der Waals surface area contributed by atoms with Crippen molar-refractivity contribution in [1.82, 2.24) is 4.90 Å². The van der Waals surface area contributed by atoms with E-state index in [1.54, 1.807) is 0 Å². The molecular weight excluding hydrogens is 308 g/mol. The van der Waals surface area contributed by atoms with Gasteiger partial charge in [-0.15, -0.1) is 0 Å². The van der Waals surface area contributed by atoms with Crippen LogP contribution in [-0.4, -0.2) is 46.6 Å². The van der Waals surface area contributed by atoms with Crippen molar-refractivity contribution >= 4 is 23.4 Å². The van der Waals surface area contributed by atoms with Crippen molar-refractivity contribution in [1.29, 1.82) is 0 Å². The Labute approximate surface area is 142 Å². The van der Waals surface area contributed by atoms with Gasteiger partial charge >= 0.3 is 0 Å². The zero-order valence-electron chi connectivity index (χ0n) is 13.8. The molecule has 2 atom stereocenters. The molecule has 0 bridgehead atoms. The molecule has 2 unspecified atom stereocenters. The first-order chi connectivity index (χ1) is 11.1. The molecule has 2 aliphatic rings. The van der Waals surface area contributed by atoms with Gasteiger partial charge in [-0.25, -0.2) is 0 Å². The number of carbonyl (C=O) groups is 1. The summed E-state index contributed by atoms with van der Waals surface area (Å²) in [5.74, 6) is 2.12. The quantitative estimate of drug-likeness (QED) is 0.889. The van der Waals surface area contributed by atoms with E-state index in [0.29, 0.717) is 0 Å². The molecule has 0 radical (unpaired) electrons. The molecule has 1 aromatic carbocycles. The molecule has 126 valence electrons. The standard InChI is InChI=1S/C18H26N2O2S/c1-13-5-6-14(12-20-7-9-23-10-8-20)11-16(13)19-18(22)15-3-2-4-17(15)21/h5-6,11,15,17,21H,2-4,7-10,12H2,1H3,(H,19,22). The smallest absolute Gasteiger partial charge is 0.230 e. The lowest BCUT2D eigenvalue weighted by Crippen LogP contribution is -2.32. The summed E-state index contributed by atoms with van der Waals surface area (Å²) in [5, 5.41) is 12.9. The minimum Gasteiger partial charge on any atom is -0.392 e. The summed E-state index contributed by atoms with van der Waals surface area (Å²) < 4.78 is 0. The van der Waals surface area contributed by atoms with Crippen LogP contribution in [0.5, 0.6) is 0 Å². The summed E-state index contributed by atoms with van der Waals surface area (Å²) >= 11 is 2.02. The van der Waals surface area contributed by atoms with Crippen molar-refractivity contribution in [2.24, 2.45) is 5.92 Å². The van der Waals surface area contributed by atoms with Gasteiger partial charge in [0.1, 0.15) is 0 Å². The summed E-state index contributed by atoms with van der Waals surface area (Å²) in [4.78, 5) is 14.9. The van der Waals surface area contributed by atoms with Gasteiger partial charge in [-0.05, 0) is 43.4 Å². The van der Waals surface area contributed by atoms with Gasteiger partial charge in [-0.1, -0.05) is 12.1 Å². The fourth-order valence-corrected chi connectivity index (χ4v) is 4.37. The van der Waals surface area contributed by atoms with Crippen molar-refractivity contribution in [3.8, 4) is 0 Å². The van der Waals surface area contributed by atoms with E-state index in [2.05, 4.69) is 28.4 Å². The second kappa shape index (κ2) is 7.69. The number of nitrogens with one attached hydrogen (secondary N) is 1. The summed E-state index contributed by atoms with van der Waals surface area (Å²) in [6.45, 7) is 5.22. The van der Waals surface area contributed by atoms with Crippen molar-refractivity contribution in [3.05, 3.63) is 29.3 Å². The number of carbonyl (C=O) groups excluding carboxylic acids is 1.